The Hall–Kier alpha value is -3.31. The molecule has 0 atom stereocenters. The molecule has 1 amide bonds. The van der Waals surface area contributed by atoms with E-state index in [2.05, 4.69) is 51.8 Å². The van der Waals surface area contributed by atoms with E-state index < -0.39 is 5.91 Å². The lowest BCUT2D eigenvalue weighted by atomic mass is 10.3. The summed E-state index contributed by atoms with van der Waals surface area (Å²) < 4.78 is 1.94. The number of hydrogen-bond donors (Lipinski definition) is 3. The number of fused-ring (bicyclic) bond motifs is 1. The highest BCUT2D eigenvalue weighted by Crippen LogP contribution is 2.19. The Morgan fingerprint density at radius 1 is 1.24 bits per heavy atom. The number of benzene rings is 1. The van der Waals surface area contributed by atoms with Crippen LogP contribution < -0.4 is 16.4 Å². The quantitative estimate of drug-likeness (QED) is 0.401. The van der Waals surface area contributed by atoms with Gasteiger partial charge in [0.1, 0.15) is 4.60 Å². The number of rotatable bonds is 5. The lowest BCUT2D eigenvalue weighted by Gasteiger charge is -2.07. The van der Waals surface area contributed by atoms with Crippen molar-refractivity contribution in [3.8, 4) is 0 Å². The minimum atomic E-state index is -0.485. The van der Waals surface area contributed by atoms with E-state index in [4.69, 9.17) is 17.3 Å². The Labute approximate surface area is 177 Å². The Bertz CT molecular complexity index is 1210. The number of nitrogens with one attached hydrogen (secondary N) is 2. The second-order valence-corrected chi connectivity index (χ2v) is 7.10. The first-order chi connectivity index (χ1) is 14.0. The summed E-state index contributed by atoms with van der Waals surface area (Å²) in [6, 6.07) is 10.8. The second-order valence-electron chi connectivity index (χ2n) is 5.85. The van der Waals surface area contributed by atoms with E-state index >= 15 is 0 Å². The molecule has 3 heterocycles. The van der Waals surface area contributed by atoms with E-state index in [1.807, 2.05) is 12.1 Å². The van der Waals surface area contributed by atoms with Crippen LogP contribution in [-0.4, -0.2) is 35.7 Å². The second kappa shape index (κ2) is 7.97. The van der Waals surface area contributed by atoms with E-state index in [0.29, 0.717) is 26.9 Å². The molecule has 0 saturated heterocycles. The maximum absolute atomic E-state index is 12.4. The number of hydrogen-bond acceptors (Lipinski definition) is 8. The number of halogens is 2. The summed E-state index contributed by atoms with van der Waals surface area (Å²) in [5.41, 5.74) is 7.06. The monoisotopic (exact) mass is 473 g/mol. The van der Waals surface area contributed by atoms with E-state index in [9.17, 15) is 4.79 Å². The van der Waals surface area contributed by atoms with Gasteiger partial charge in [0.15, 0.2) is 28.8 Å². The molecule has 146 valence electrons. The molecule has 0 aliphatic carbocycles. The van der Waals surface area contributed by atoms with Crippen LogP contribution in [-0.2, 0) is 6.54 Å². The van der Waals surface area contributed by atoms with Gasteiger partial charge in [0.2, 0.25) is 0 Å². The normalized spacial score (nSPS) is 10.8. The molecule has 4 aromatic rings. The van der Waals surface area contributed by atoms with E-state index in [0.717, 1.165) is 5.69 Å². The zero-order valence-corrected chi connectivity index (χ0v) is 17.0. The van der Waals surface area contributed by atoms with Crippen molar-refractivity contribution in [2.45, 2.75) is 6.54 Å². The van der Waals surface area contributed by atoms with E-state index in [1.165, 1.54) is 10.7 Å². The van der Waals surface area contributed by atoms with Gasteiger partial charge >= 0.3 is 0 Å². The summed E-state index contributed by atoms with van der Waals surface area (Å²) in [4.78, 5) is 20.3. The predicted octanol–water partition coefficient (Wildman–Crippen LogP) is 2.59. The number of anilines is 3. The zero-order valence-electron chi connectivity index (χ0n) is 14.7. The predicted molar refractivity (Wildman–Crippen MR) is 111 cm³/mol. The highest BCUT2D eigenvalue weighted by Gasteiger charge is 2.15. The number of nitrogen functional groups attached to an aromatic ring is 1. The smallest absolute Gasteiger partial charge is 0.274 e. The molecule has 0 radical (unpaired) electrons. The molecule has 0 unspecified atom stereocenters. The first-order valence-corrected chi connectivity index (χ1v) is 9.47. The van der Waals surface area contributed by atoms with Crippen molar-refractivity contribution in [2.75, 3.05) is 11.1 Å². The molecule has 4 rings (SSSR count). The van der Waals surface area contributed by atoms with Gasteiger partial charge in [-0.1, -0.05) is 17.7 Å². The SMILES string of the molecule is Nc1ncc(Br)nc1C(=O)NCc1nnc2ccc(Nc3cccc(Cl)c3)nn12. The zero-order chi connectivity index (χ0) is 20.4. The minimum Gasteiger partial charge on any atom is -0.382 e. The van der Waals surface area contributed by atoms with Gasteiger partial charge in [0.25, 0.3) is 5.91 Å². The van der Waals surface area contributed by atoms with Gasteiger partial charge in [0.05, 0.1) is 12.7 Å². The van der Waals surface area contributed by atoms with Gasteiger partial charge in [-0.2, -0.15) is 4.52 Å². The molecule has 0 aliphatic rings. The van der Waals surface area contributed by atoms with Crippen molar-refractivity contribution in [1.29, 1.82) is 0 Å². The third kappa shape index (κ3) is 4.25. The van der Waals surface area contributed by atoms with Crippen molar-refractivity contribution in [3.63, 3.8) is 0 Å². The van der Waals surface area contributed by atoms with Crippen LogP contribution in [0.1, 0.15) is 16.3 Å². The van der Waals surface area contributed by atoms with Crippen LogP contribution in [0.25, 0.3) is 5.65 Å². The number of nitrogens with zero attached hydrogens (tertiary/aromatic N) is 6. The lowest BCUT2D eigenvalue weighted by Crippen LogP contribution is -2.26. The van der Waals surface area contributed by atoms with Crippen LogP contribution in [0, 0.1) is 0 Å². The van der Waals surface area contributed by atoms with Gasteiger partial charge < -0.3 is 16.4 Å². The first-order valence-electron chi connectivity index (χ1n) is 8.30. The number of amides is 1. The van der Waals surface area contributed by atoms with Crippen LogP contribution >= 0.6 is 27.5 Å². The van der Waals surface area contributed by atoms with Gasteiger partial charge in [-0.25, -0.2) is 9.97 Å². The molecular formula is C17H13BrClN9O. The average Bonchev–Trinajstić information content (AvgIpc) is 3.10. The topological polar surface area (TPSA) is 136 Å². The fraction of sp³-hybridized carbons (Fsp3) is 0.0588. The van der Waals surface area contributed by atoms with Crippen molar-refractivity contribution in [2.24, 2.45) is 0 Å². The van der Waals surface area contributed by atoms with E-state index in [-0.39, 0.29) is 18.1 Å². The summed E-state index contributed by atoms with van der Waals surface area (Å²) in [6.45, 7) is 0.0707. The van der Waals surface area contributed by atoms with Crippen LogP contribution in [0.15, 0.2) is 47.2 Å². The largest absolute Gasteiger partial charge is 0.382 e. The van der Waals surface area contributed by atoms with E-state index in [1.54, 1.807) is 24.3 Å². The van der Waals surface area contributed by atoms with Crippen LogP contribution in [0.4, 0.5) is 17.3 Å². The molecule has 0 spiro atoms. The summed E-state index contributed by atoms with van der Waals surface area (Å²) in [5, 5.41) is 19.1. The molecule has 0 fully saturated rings. The van der Waals surface area contributed by atoms with Gasteiger partial charge in [-0.05, 0) is 46.3 Å². The highest BCUT2D eigenvalue weighted by molar-refractivity contribution is 9.10. The molecule has 0 saturated carbocycles. The minimum absolute atomic E-state index is 0.0180. The molecular weight excluding hydrogens is 462 g/mol. The van der Waals surface area contributed by atoms with Crippen molar-refractivity contribution >= 4 is 56.4 Å². The van der Waals surface area contributed by atoms with Crippen LogP contribution in [0.2, 0.25) is 5.02 Å². The summed E-state index contributed by atoms with van der Waals surface area (Å²) in [6.07, 6.45) is 1.41. The fourth-order valence-corrected chi connectivity index (χ4v) is 2.98. The van der Waals surface area contributed by atoms with Crippen molar-refractivity contribution in [3.05, 3.63) is 63.7 Å². The maximum atomic E-state index is 12.4. The summed E-state index contributed by atoms with van der Waals surface area (Å²) in [5.74, 6) is 0.544. The maximum Gasteiger partial charge on any atom is 0.274 e. The fourth-order valence-electron chi connectivity index (χ4n) is 2.51. The molecule has 29 heavy (non-hydrogen) atoms. The van der Waals surface area contributed by atoms with Crippen molar-refractivity contribution in [1.82, 2.24) is 35.1 Å². The Kier molecular flexibility index (Phi) is 5.23. The Morgan fingerprint density at radius 2 is 2.10 bits per heavy atom. The van der Waals surface area contributed by atoms with Gasteiger partial charge in [-0.3, -0.25) is 4.79 Å². The highest BCUT2D eigenvalue weighted by atomic mass is 79.9. The molecule has 1 aromatic carbocycles. The van der Waals surface area contributed by atoms with Crippen LogP contribution in [0.5, 0.6) is 0 Å². The number of aromatic nitrogens is 6. The van der Waals surface area contributed by atoms with Crippen LogP contribution in [0.3, 0.4) is 0 Å². The van der Waals surface area contributed by atoms with Gasteiger partial charge in [-0.15, -0.1) is 15.3 Å². The lowest BCUT2D eigenvalue weighted by molar-refractivity contribution is 0.0945. The Balaban J connectivity index is 1.53. The third-order valence-corrected chi connectivity index (χ3v) is 4.44. The standard InChI is InChI=1S/C17H13BrClN9O/c18-11-7-21-16(20)15(24-11)17(29)22-8-14-26-25-13-5-4-12(27-28(13)14)23-10-3-1-2-9(19)6-10/h1-7H,8H2,(H2,20,21)(H,22,29)(H,23,27). The average molecular weight is 475 g/mol. The molecule has 3 aromatic heterocycles. The summed E-state index contributed by atoms with van der Waals surface area (Å²) in [7, 11) is 0. The molecule has 0 aliphatic heterocycles. The third-order valence-electron chi connectivity index (χ3n) is 3.82. The molecule has 0 bridgehead atoms. The van der Waals surface area contributed by atoms with Gasteiger partial charge in [0, 0.05) is 10.7 Å². The number of carbonyl (C=O) groups is 1. The Morgan fingerprint density at radius 3 is 2.93 bits per heavy atom. The molecule has 10 nitrogen and oxygen atoms in total. The number of carbonyl (C=O) groups excluding carboxylic acids is 1. The molecule has 4 N–H and O–H groups in total. The summed E-state index contributed by atoms with van der Waals surface area (Å²) >= 11 is 9.17. The first kappa shape index (κ1) is 19.0. The number of nitrogens with two attached hydrogens (primary N) is 1. The van der Waals surface area contributed by atoms with Crippen molar-refractivity contribution < 1.29 is 4.79 Å². The molecule has 12 heteroatoms.